The minimum absolute atomic E-state index is 0.0999. The summed E-state index contributed by atoms with van der Waals surface area (Å²) in [5, 5.41) is 15.8. The van der Waals surface area contributed by atoms with Crippen molar-refractivity contribution in [2.24, 2.45) is 5.92 Å². The number of fused-ring (bicyclic) bond motifs is 1. The number of hydrogen-bond donors (Lipinski definition) is 1. The van der Waals surface area contributed by atoms with Crippen molar-refractivity contribution < 1.29 is 9.32 Å². The van der Waals surface area contributed by atoms with Gasteiger partial charge in [0.05, 0.1) is 17.8 Å². The van der Waals surface area contributed by atoms with Gasteiger partial charge in [-0.05, 0) is 38.0 Å². The fourth-order valence-electron chi connectivity index (χ4n) is 3.39. The Morgan fingerprint density at radius 1 is 1.46 bits per heavy atom. The lowest BCUT2D eigenvalue weighted by Crippen LogP contribution is -2.25. The van der Waals surface area contributed by atoms with Crippen LogP contribution in [0.1, 0.15) is 17.9 Å². The molecule has 1 atom stereocenters. The number of nitrogens with one attached hydrogen (secondary N) is 1. The Kier molecular flexibility index (Phi) is 3.84. The van der Waals surface area contributed by atoms with Crippen LogP contribution in [0.25, 0.3) is 16.8 Å². The molecule has 0 unspecified atom stereocenters. The van der Waals surface area contributed by atoms with Crippen molar-refractivity contribution >= 4 is 17.4 Å². The van der Waals surface area contributed by atoms with Crippen molar-refractivity contribution in [2.45, 2.75) is 20.3 Å². The van der Waals surface area contributed by atoms with Crippen molar-refractivity contribution in [3.8, 4) is 17.3 Å². The predicted octanol–water partition coefficient (Wildman–Crippen LogP) is 2.35. The summed E-state index contributed by atoms with van der Waals surface area (Å²) in [5.74, 6) is 0.978. The summed E-state index contributed by atoms with van der Waals surface area (Å²) in [7, 11) is 0. The summed E-state index contributed by atoms with van der Waals surface area (Å²) < 4.78 is 7.09. The van der Waals surface area contributed by atoms with Gasteiger partial charge in [0.1, 0.15) is 11.4 Å². The molecule has 1 aliphatic rings. The molecule has 8 heteroatoms. The highest BCUT2D eigenvalue weighted by Crippen LogP contribution is 2.28. The van der Waals surface area contributed by atoms with Crippen LogP contribution in [0.3, 0.4) is 0 Å². The van der Waals surface area contributed by atoms with E-state index >= 15 is 0 Å². The zero-order valence-corrected chi connectivity index (χ0v) is 14.6. The third kappa shape index (κ3) is 2.77. The molecule has 4 rings (SSSR count). The number of aryl methyl sites for hydroxylation is 2. The molecule has 0 saturated carbocycles. The van der Waals surface area contributed by atoms with E-state index in [1.54, 1.807) is 11.1 Å². The second kappa shape index (κ2) is 6.19. The second-order valence-corrected chi connectivity index (χ2v) is 6.53. The molecule has 0 spiro atoms. The molecule has 3 aromatic rings. The predicted molar refractivity (Wildman–Crippen MR) is 94.1 cm³/mol. The SMILES string of the molecule is Cc1noc(C)c1-c1ccn2cc(NC(=O)[C@H]3CCN(C#N)C3)nc2c1. The van der Waals surface area contributed by atoms with E-state index in [1.807, 2.05) is 36.6 Å². The summed E-state index contributed by atoms with van der Waals surface area (Å²) in [6.45, 7) is 4.87. The van der Waals surface area contributed by atoms with Gasteiger partial charge in [0.15, 0.2) is 12.0 Å². The third-order valence-electron chi connectivity index (χ3n) is 4.73. The number of imidazole rings is 1. The molecular weight excluding hydrogens is 332 g/mol. The van der Waals surface area contributed by atoms with E-state index in [0.29, 0.717) is 25.3 Å². The van der Waals surface area contributed by atoms with E-state index in [0.717, 1.165) is 28.2 Å². The molecule has 4 heterocycles. The minimum Gasteiger partial charge on any atom is -0.361 e. The van der Waals surface area contributed by atoms with E-state index in [2.05, 4.69) is 21.7 Å². The van der Waals surface area contributed by atoms with Crippen molar-refractivity contribution in [3.63, 3.8) is 0 Å². The van der Waals surface area contributed by atoms with E-state index < -0.39 is 0 Å². The summed E-state index contributed by atoms with van der Waals surface area (Å²) in [4.78, 5) is 18.5. The number of likely N-dealkylation sites (tertiary alicyclic amines) is 1. The minimum atomic E-state index is -0.183. The topological polar surface area (TPSA) is 99.5 Å². The molecule has 1 N–H and O–H groups in total. The molecule has 1 saturated heterocycles. The van der Waals surface area contributed by atoms with Crippen LogP contribution < -0.4 is 5.32 Å². The van der Waals surface area contributed by atoms with Crippen LogP contribution in [-0.2, 0) is 4.79 Å². The molecule has 1 amide bonds. The molecule has 3 aromatic heterocycles. The number of carbonyl (C=O) groups excluding carboxylic acids is 1. The Labute approximate surface area is 150 Å². The van der Waals surface area contributed by atoms with Gasteiger partial charge in [-0.2, -0.15) is 5.26 Å². The largest absolute Gasteiger partial charge is 0.361 e. The first kappa shape index (κ1) is 16.1. The third-order valence-corrected chi connectivity index (χ3v) is 4.73. The molecule has 0 aromatic carbocycles. The molecule has 8 nitrogen and oxygen atoms in total. The first-order chi connectivity index (χ1) is 12.5. The van der Waals surface area contributed by atoms with Crippen LogP contribution in [-0.4, -0.2) is 38.4 Å². The summed E-state index contributed by atoms with van der Waals surface area (Å²) in [5.41, 5.74) is 3.49. The first-order valence-corrected chi connectivity index (χ1v) is 8.42. The van der Waals surface area contributed by atoms with Crippen LogP contribution in [0.15, 0.2) is 29.0 Å². The van der Waals surface area contributed by atoms with Crippen LogP contribution in [0.2, 0.25) is 0 Å². The number of nitriles is 1. The standard InChI is InChI=1S/C18H18N6O2/c1-11-17(12(2)26-22-11)13-4-6-24-9-15(20-16(24)7-13)21-18(25)14-3-5-23(8-14)10-19/h4,6-7,9,14H,3,5,8H2,1-2H3,(H,21,25)/t14-/m0/s1. The summed E-state index contributed by atoms with van der Waals surface area (Å²) >= 11 is 0. The van der Waals surface area contributed by atoms with Crippen molar-refractivity contribution in [2.75, 3.05) is 18.4 Å². The molecule has 132 valence electrons. The molecule has 0 bridgehead atoms. The maximum Gasteiger partial charge on any atom is 0.230 e. The Bertz CT molecular complexity index is 1010. The number of carbonyl (C=O) groups is 1. The molecule has 0 aliphatic carbocycles. The van der Waals surface area contributed by atoms with Crippen LogP contribution >= 0.6 is 0 Å². The highest BCUT2D eigenvalue weighted by molar-refractivity contribution is 5.92. The fourth-order valence-corrected chi connectivity index (χ4v) is 3.39. The number of anilines is 1. The van der Waals surface area contributed by atoms with E-state index in [9.17, 15) is 4.79 Å². The number of hydrogen-bond acceptors (Lipinski definition) is 6. The van der Waals surface area contributed by atoms with Crippen LogP contribution in [0.5, 0.6) is 0 Å². The number of nitrogens with zero attached hydrogens (tertiary/aromatic N) is 5. The van der Waals surface area contributed by atoms with E-state index in [-0.39, 0.29) is 11.8 Å². The lowest BCUT2D eigenvalue weighted by molar-refractivity contribution is -0.119. The van der Waals surface area contributed by atoms with Gasteiger partial charge in [-0.3, -0.25) is 4.79 Å². The molecule has 1 fully saturated rings. The van der Waals surface area contributed by atoms with Gasteiger partial charge < -0.3 is 19.1 Å². The van der Waals surface area contributed by atoms with Gasteiger partial charge in [0.25, 0.3) is 0 Å². The lowest BCUT2D eigenvalue weighted by atomic mass is 10.1. The summed E-state index contributed by atoms with van der Waals surface area (Å²) in [6.07, 6.45) is 6.44. The normalized spacial score (nSPS) is 16.8. The van der Waals surface area contributed by atoms with Gasteiger partial charge in [-0.1, -0.05) is 5.16 Å². The monoisotopic (exact) mass is 350 g/mol. The Hall–Kier alpha value is -3.34. The molecule has 1 aliphatic heterocycles. The average Bonchev–Trinajstić information content (AvgIpc) is 3.32. The Morgan fingerprint density at radius 2 is 2.31 bits per heavy atom. The van der Waals surface area contributed by atoms with E-state index in [4.69, 9.17) is 9.78 Å². The smallest absolute Gasteiger partial charge is 0.230 e. The second-order valence-electron chi connectivity index (χ2n) is 6.53. The van der Waals surface area contributed by atoms with Gasteiger partial charge >= 0.3 is 0 Å². The summed E-state index contributed by atoms with van der Waals surface area (Å²) in [6, 6.07) is 3.91. The first-order valence-electron chi connectivity index (χ1n) is 8.42. The average molecular weight is 350 g/mol. The van der Waals surface area contributed by atoms with Crippen LogP contribution in [0.4, 0.5) is 5.82 Å². The van der Waals surface area contributed by atoms with Crippen molar-refractivity contribution in [1.82, 2.24) is 19.4 Å². The highest BCUT2D eigenvalue weighted by atomic mass is 16.5. The lowest BCUT2D eigenvalue weighted by Gasteiger charge is -2.08. The molecular formula is C18H18N6O2. The number of amides is 1. The molecule has 0 radical (unpaired) electrons. The fraction of sp³-hybridized carbons (Fsp3) is 0.333. The number of pyridine rings is 1. The van der Waals surface area contributed by atoms with E-state index in [1.165, 1.54) is 0 Å². The highest BCUT2D eigenvalue weighted by Gasteiger charge is 2.28. The van der Waals surface area contributed by atoms with Gasteiger partial charge in [0, 0.05) is 24.8 Å². The van der Waals surface area contributed by atoms with Gasteiger partial charge in [0.2, 0.25) is 5.91 Å². The quantitative estimate of drug-likeness (QED) is 0.728. The van der Waals surface area contributed by atoms with Crippen LogP contribution in [0, 0.1) is 31.2 Å². The zero-order valence-electron chi connectivity index (χ0n) is 14.6. The van der Waals surface area contributed by atoms with Gasteiger partial charge in [-0.25, -0.2) is 4.98 Å². The van der Waals surface area contributed by atoms with Crippen molar-refractivity contribution in [3.05, 3.63) is 36.0 Å². The zero-order chi connectivity index (χ0) is 18.3. The molecule has 26 heavy (non-hydrogen) atoms. The number of rotatable bonds is 3. The maximum absolute atomic E-state index is 12.4. The Morgan fingerprint density at radius 3 is 3.00 bits per heavy atom. The van der Waals surface area contributed by atoms with Gasteiger partial charge in [-0.15, -0.1) is 0 Å². The Balaban J connectivity index is 1.57. The van der Waals surface area contributed by atoms with Crippen molar-refractivity contribution in [1.29, 1.82) is 5.26 Å². The maximum atomic E-state index is 12.4. The number of aromatic nitrogens is 3.